The number of aliphatic hydroxyl groups is 1. The molecule has 0 saturated heterocycles. The smallest absolute Gasteiger partial charge is 0.0815 e. The SMILES string of the molecule is CO.N#CCN. The second-order valence-corrected chi connectivity index (χ2v) is 0.362. The first-order valence-corrected chi connectivity index (χ1v) is 1.43. The van der Waals surface area contributed by atoms with Crippen LogP contribution < -0.4 is 5.73 Å². The van der Waals surface area contributed by atoms with Gasteiger partial charge < -0.3 is 10.8 Å². The molecule has 0 atom stereocenters. The maximum absolute atomic E-state index is 7.50. The van der Waals surface area contributed by atoms with Crippen molar-refractivity contribution in [3.8, 4) is 6.07 Å². The molecule has 0 aromatic carbocycles. The van der Waals surface area contributed by atoms with Crippen molar-refractivity contribution >= 4 is 0 Å². The topological polar surface area (TPSA) is 70.0 Å². The summed E-state index contributed by atoms with van der Waals surface area (Å²) in [6, 6.07) is 1.71. The Kier molecular flexibility index (Phi) is 38.9. The van der Waals surface area contributed by atoms with Crippen molar-refractivity contribution in [3.05, 3.63) is 0 Å². The lowest BCUT2D eigenvalue weighted by Gasteiger charge is -1.51. The molecule has 36 valence electrons. The van der Waals surface area contributed by atoms with E-state index in [0.29, 0.717) is 0 Å². The van der Waals surface area contributed by atoms with E-state index in [1.165, 1.54) is 0 Å². The van der Waals surface area contributed by atoms with Gasteiger partial charge in [-0.25, -0.2) is 0 Å². The standard InChI is InChI=1S/C2H4N2.CH4O/c3-1-2-4;1-2/h1,3H2;2H,1H3. The minimum Gasteiger partial charge on any atom is -0.400 e. The van der Waals surface area contributed by atoms with Gasteiger partial charge in [0.05, 0.1) is 12.6 Å². The van der Waals surface area contributed by atoms with Crippen molar-refractivity contribution in [2.24, 2.45) is 5.73 Å². The molecule has 0 bridgehead atoms. The quantitative estimate of drug-likeness (QED) is 0.376. The van der Waals surface area contributed by atoms with Gasteiger partial charge in [0, 0.05) is 7.11 Å². The number of hydrogen-bond acceptors (Lipinski definition) is 3. The zero-order chi connectivity index (χ0) is 5.41. The molecule has 3 nitrogen and oxygen atoms in total. The molecule has 0 aliphatic heterocycles. The Bertz CT molecular complexity index is 38.5. The van der Waals surface area contributed by atoms with Crippen LogP contribution in [0.15, 0.2) is 0 Å². The zero-order valence-electron chi connectivity index (χ0n) is 3.68. The summed E-state index contributed by atoms with van der Waals surface area (Å²) < 4.78 is 0. The first-order valence-electron chi connectivity index (χ1n) is 1.43. The van der Waals surface area contributed by atoms with Gasteiger partial charge in [-0.15, -0.1) is 0 Å². The van der Waals surface area contributed by atoms with Gasteiger partial charge in [0.1, 0.15) is 0 Å². The van der Waals surface area contributed by atoms with E-state index in [0.717, 1.165) is 7.11 Å². The third-order valence-electron chi connectivity index (χ3n) is 0.0913. The summed E-state index contributed by atoms with van der Waals surface area (Å²) in [5.41, 5.74) is 4.67. The molecule has 6 heavy (non-hydrogen) atoms. The van der Waals surface area contributed by atoms with Crippen LogP contribution in [0.1, 0.15) is 0 Å². The lowest BCUT2D eigenvalue weighted by atomic mass is 10.8. The number of nitriles is 1. The van der Waals surface area contributed by atoms with Gasteiger partial charge in [-0.2, -0.15) is 5.26 Å². The number of nitrogens with two attached hydrogens (primary N) is 1. The fourth-order valence-corrected chi connectivity index (χ4v) is 0. The molecule has 0 fully saturated rings. The number of nitrogens with zero attached hydrogens (tertiary/aromatic N) is 1. The molecule has 0 aliphatic rings. The van der Waals surface area contributed by atoms with E-state index in [4.69, 9.17) is 10.4 Å². The van der Waals surface area contributed by atoms with Crippen LogP contribution in [0.2, 0.25) is 0 Å². The van der Waals surface area contributed by atoms with Crippen LogP contribution in [0.4, 0.5) is 0 Å². The second kappa shape index (κ2) is 25.8. The number of aliphatic hydroxyl groups excluding tert-OH is 1. The van der Waals surface area contributed by atoms with E-state index in [1.54, 1.807) is 6.07 Å². The van der Waals surface area contributed by atoms with E-state index in [1.807, 2.05) is 0 Å². The van der Waals surface area contributed by atoms with Gasteiger partial charge in [0.2, 0.25) is 0 Å². The summed E-state index contributed by atoms with van der Waals surface area (Å²) >= 11 is 0. The third kappa shape index (κ3) is 118. The van der Waals surface area contributed by atoms with Gasteiger partial charge in [-0.05, 0) is 0 Å². The van der Waals surface area contributed by atoms with E-state index in [2.05, 4.69) is 5.73 Å². The van der Waals surface area contributed by atoms with E-state index in [-0.39, 0.29) is 6.54 Å². The van der Waals surface area contributed by atoms with Crippen molar-refractivity contribution in [2.45, 2.75) is 0 Å². The maximum atomic E-state index is 7.50. The lowest BCUT2D eigenvalue weighted by molar-refractivity contribution is 0.399. The Morgan fingerprint density at radius 2 is 2.00 bits per heavy atom. The Morgan fingerprint density at radius 3 is 2.00 bits per heavy atom. The molecule has 0 saturated carbocycles. The Balaban J connectivity index is 0. The summed E-state index contributed by atoms with van der Waals surface area (Å²) in [6.45, 7) is 0.125. The fourth-order valence-electron chi connectivity index (χ4n) is 0. The van der Waals surface area contributed by atoms with Crippen LogP contribution in [-0.2, 0) is 0 Å². The average molecular weight is 88.1 g/mol. The molecule has 0 heterocycles. The normalized spacial score (nSPS) is 4.33. The molecule has 0 rings (SSSR count). The van der Waals surface area contributed by atoms with Crippen molar-refractivity contribution in [2.75, 3.05) is 13.7 Å². The minimum atomic E-state index is 0.125. The maximum Gasteiger partial charge on any atom is 0.0815 e. The largest absolute Gasteiger partial charge is 0.400 e. The van der Waals surface area contributed by atoms with Gasteiger partial charge >= 0.3 is 0 Å². The van der Waals surface area contributed by atoms with Crippen LogP contribution in [0.5, 0.6) is 0 Å². The van der Waals surface area contributed by atoms with E-state index >= 15 is 0 Å². The molecular weight excluding hydrogens is 80.0 g/mol. The van der Waals surface area contributed by atoms with Crippen molar-refractivity contribution in [3.63, 3.8) is 0 Å². The van der Waals surface area contributed by atoms with Crippen molar-refractivity contribution in [1.29, 1.82) is 5.26 Å². The zero-order valence-corrected chi connectivity index (χ0v) is 3.68. The molecule has 0 unspecified atom stereocenters. The molecular formula is C3H8N2O. The van der Waals surface area contributed by atoms with Crippen molar-refractivity contribution < 1.29 is 5.11 Å². The molecule has 0 radical (unpaired) electrons. The first kappa shape index (κ1) is 9.05. The molecule has 3 N–H and O–H groups in total. The number of hydrogen-bond donors (Lipinski definition) is 2. The molecule has 0 aromatic rings. The lowest BCUT2D eigenvalue weighted by Crippen LogP contribution is -1.91. The van der Waals surface area contributed by atoms with Gasteiger partial charge in [0.25, 0.3) is 0 Å². The monoisotopic (exact) mass is 88.1 g/mol. The predicted molar refractivity (Wildman–Crippen MR) is 22.8 cm³/mol. The summed E-state index contributed by atoms with van der Waals surface area (Å²) in [5, 5.41) is 14.5. The highest BCUT2D eigenvalue weighted by Crippen LogP contribution is 1.25. The van der Waals surface area contributed by atoms with Crippen LogP contribution in [0.25, 0.3) is 0 Å². The summed E-state index contributed by atoms with van der Waals surface area (Å²) in [4.78, 5) is 0. The van der Waals surface area contributed by atoms with Crippen LogP contribution >= 0.6 is 0 Å². The minimum absolute atomic E-state index is 0.125. The summed E-state index contributed by atoms with van der Waals surface area (Å²) in [6.07, 6.45) is 0. The molecule has 0 amide bonds. The Hall–Kier alpha value is -0.590. The molecule has 0 aromatic heterocycles. The first-order chi connectivity index (χ1) is 2.91. The third-order valence-corrected chi connectivity index (χ3v) is 0.0913. The van der Waals surface area contributed by atoms with Crippen LogP contribution in [0.3, 0.4) is 0 Å². The highest BCUT2D eigenvalue weighted by molar-refractivity contribution is 4.67. The average Bonchev–Trinajstić information content (AvgIpc) is 1.72. The van der Waals surface area contributed by atoms with Gasteiger partial charge in [-0.3, -0.25) is 0 Å². The molecule has 3 heteroatoms. The Morgan fingerprint density at radius 1 is 1.83 bits per heavy atom. The van der Waals surface area contributed by atoms with Crippen LogP contribution in [-0.4, -0.2) is 18.8 Å². The predicted octanol–water partition coefficient (Wildman–Crippen LogP) is -0.923. The summed E-state index contributed by atoms with van der Waals surface area (Å²) in [5.74, 6) is 0. The highest BCUT2D eigenvalue weighted by Gasteiger charge is 1.48. The van der Waals surface area contributed by atoms with E-state index in [9.17, 15) is 0 Å². The molecule has 0 spiro atoms. The van der Waals surface area contributed by atoms with E-state index < -0.39 is 0 Å². The Labute approximate surface area is 37.0 Å². The van der Waals surface area contributed by atoms with Crippen molar-refractivity contribution in [1.82, 2.24) is 0 Å². The summed E-state index contributed by atoms with van der Waals surface area (Å²) in [7, 11) is 1.00. The highest BCUT2D eigenvalue weighted by atomic mass is 16.2. The fraction of sp³-hybridized carbons (Fsp3) is 0.667. The van der Waals surface area contributed by atoms with Crippen LogP contribution in [0, 0.1) is 11.3 Å². The number of rotatable bonds is 0. The van der Waals surface area contributed by atoms with Gasteiger partial charge in [-0.1, -0.05) is 0 Å². The molecule has 0 aliphatic carbocycles. The second-order valence-electron chi connectivity index (χ2n) is 0.362. The van der Waals surface area contributed by atoms with Gasteiger partial charge in [0.15, 0.2) is 0 Å².